The first-order valence-electron chi connectivity index (χ1n) is 20.8. The van der Waals surface area contributed by atoms with Crippen LogP contribution < -0.4 is 0 Å². The number of aliphatic hydroxyl groups excluding tert-OH is 2. The van der Waals surface area contributed by atoms with Crippen molar-refractivity contribution in [1.29, 1.82) is 0 Å². The molecule has 2 saturated heterocycles. The Morgan fingerprint density at radius 3 is 2.40 bits per heavy atom. The number of nitrogens with zero attached hydrogens (tertiary/aromatic N) is 1. The van der Waals surface area contributed by atoms with Gasteiger partial charge >= 0.3 is 0 Å². The molecular weight excluding hydrogens is 630 g/mol. The second-order valence-electron chi connectivity index (χ2n) is 20.6. The van der Waals surface area contributed by atoms with Crippen LogP contribution in [0.15, 0.2) is 0 Å². The second-order valence-corrected chi connectivity index (χ2v) is 20.6. The highest BCUT2D eigenvalue weighted by Crippen LogP contribution is 2.89. The van der Waals surface area contributed by atoms with E-state index < -0.39 is 23.9 Å². The molecule has 2 heterocycles. The molecule has 3 N–H and O–H groups in total. The van der Waals surface area contributed by atoms with Crippen LogP contribution in [0.4, 0.5) is 0 Å². The van der Waals surface area contributed by atoms with Gasteiger partial charge in [-0.3, -0.25) is 4.79 Å². The third kappa shape index (κ3) is 5.06. The lowest BCUT2D eigenvalue weighted by atomic mass is 9.41. The second kappa shape index (κ2) is 12.1. The zero-order valence-corrected chi connectivity index (χ0v) is 32.3. The molecule has 50 heavy (non-hydrogen) atoms. The maximum atomic E-state index is 13.3. The number of hydrogen-bond donors (Lipinski definition) is 3. The van der Waals surface area contributed by atoms with Crippen molar-refractivity contribution >= 4 is 5.91 Å². The molecule has 1 amide bonds. The summed E-state index contributed by atoms with van der Waals surface area (Å²) >= 11 is 0. The average molecular weight is 700 g/mol. The van der Waals surface area contributed by atoms with Crippen molar-refractivity contribution in [1.82, 2.24) is 4.90 Å². The number of amides is 1. The molecule has 14 atom stereocenters. The summed E-state index contributed by atoms with van der Waals surface area (Å²) in [6.45, 7) is 17.1. The van der Waals surface area contributed by atoms with E-state index in [0.29, 0.717) is 61.6 Å². The van der Waals surface area contributed by atoms with Gasteiger partial charge in [-0.1, -0.05) is 53.9 Å². The van der Waals surface area contributed by atoms with Gasteiger partial charge in [-0.25, -0.2) is 0 Å². The number of ether oxygens (including phenoxy) is 3. The molecule has 8 fully saturated rings. The average Bonchev–Trinajstić information content (AvgIpc) is 3.70. The third-order valence-corrected chi connectivity index (χ3v) is 17.7. The van der Waals surface area contributed by atoms with Crippen LogP contribution in [0, 0.1) is 56.7 Å². The highest BCUT2D eigenvalue weighted by atomic mass is 16.7. The Bertz CT molecular complexity index is 1310. The topological polar surface area (TPSA) is 109 Å². The molecule has 2 spiro atoms. The molecule has 6 saturated carbocycles. The van der Waals surface area contributed by atoms with E-state index in [1.54, 1.807) is 13.8 Å². The van der Waals surface area contributed by atoms with Crippen LogP contribution >= 0.6 is 0 Å². The number of hydrogen-bond acceptors (Lipinski definition) is 7. The third-order valence-electron chi connectivity index (χ3n) is 17.7. The van der Waals surface area contributed by atoms with Gasteiger partial charge in [-0.15, -0.1) is 0 Å². The van der Waals surface area contributed by atoms with Gasteiger partial charge in [-0.05, 0) is 129 Å². The lowest BCUT2D eigenvalue weighted by molar-refractivity contribution is -0.248. The van der Waals surface area contributed by atoms with Gasteiger partial charge in [-0.2, -0.15) is 0 Å². The van der Waals surface area contributed by atoms with E-state index in [0.717, 1.165) is 25.7 Å². The lowest BCUT2D eigenvalue weighted by Crippen LogP contribution is -2.60. The summed E-state index contributed by atoms with van der Waals surface area (Å²) in [6, 6.07) is 0. The van der Waals surface area contributed by atoms with Gasteiger partial charge in [0.05, 0.1) is 43.2 Å². The smallest absolute Gasteiger partial charge is 0.223 e. The van der Waals surface area contributed by atoms with Crippen LogP contribution in [0.1, 0.15) is 138 Å². The molecule has 2 aliphatic heterocycles. The van der Waals surface area contributed by atoms with Crippen molar-refractivity contribution in [2.75, 3.05) is 19.7 Å². The fourth-order valence-electron chi connectivity index (χ4n) is 15.1. The molecule has 0 radical (unpaired) electrons. The minimum absolute atomic E-state index is 0.00746. The van der Waals surface area contributed by atoms with E-state index >= 15 is 0 Å². The minimum atomic E-state index is -1.26. The van der Waals surface area contributed by atoms with Crippen LogP contribution in [0.25, 0.3) is 0 Å². The maximum Gasteiger partial charge on any atom is 0.223 e. The van der Waals surface area contributed by atoms with Crippen molar-refractivity contribution < 1.29 is 34.3 Å². The van der Waals surface area contributed by atoms with Crippen LogP contribution in [0.2, 0.25) is 0 Å². The molecule has 0 bridgehead atoms. The number of aliphatic hydroxyl groups is 3. The van der Waals surface area contributed by atoms with Crippen LogP contribution in [0.5, 0.6) is 0 Å². The fourth-order valence-corrected chi connectivity index (χ4v) is 15.1. The Morgan fingerprint density at radius 2 is 1.68 bits per heavy atom. The molecule has 8 aliphatic rings. The van der Waals surface area contributed by atoms with E-state index in [-0.39, 0.29) is 52.0 Å². The van der Waals surface area contributed by atoms with Gasteiger partial charge in [0.2, 0.25) is 5.91 Å². The highest BCUT2D eigenvalue weighted by molar-refractivity contribution is 5.76. The van der Waals surface area contributed by atoms with Crippen molar-refractivity contribution in [2.45, 2.75) is 181 Å². The summed E-state index contributed by atoms with van der Waals surface area (Å²) in [5, 5.41) is 34.2. The summed E-state index contributed by atoms with van der Waals surface area (Å²) in [4.78, 5) is 15.3. The van der Waals surface area contributed by atoms with Crippen molar-refractivity contribution in [3.8, 4) is 0 Å². The Kier molecular flexibility index (Phi) is 8.78. The Labute approximate surface area is 301 Å². The number of morpholine rings is 1. The summed E-state index contributed by atoms with van der Waals surface area (Å²) in [5.74, 6) is 2.36. The van der Waals surface area contributed by atoms with Gasteiger partial charge in [0.15, 0.2) is 6.29 Å². The molecule has 6 aliphatic carbocycles. The van der Waals surface area contributed by atoms with Crippen LogP contribution in [-0.2, 0) is 19.0 Å². The first-order chi connectivity index (χ1) is 23.5. The number of carbonyl (C=O) groups is 1. The normalized spacial score (nSPS) is 50.7. The molecule has 8 rings (SSSR count). The van der Waals surface area contributed by atoms with Gasteiger partial charge < -0.3 is 34.4 Å². The van der Waals surface area contributed by atoms with E-state index in [4.69, 9.17) is 14.2 Å². The number of carbonyl (C=O) groups excluding carboxylic acids is 1. The number of fused-ring (bicyclic) bond motifs is 4. The van der Waals surface area contributed by atoms with Crippen molar-refractivity contribution in [3.05, 3.63) is 0 Å². The lowest BCUT2D eigenvalue weighted by Gasteiger charge is -2.64. The minimum Gasteiger partial charge on any atom is -0.390 e. The van der Waals surface area contributed by atoms with E-state index in [1.165, 1.54) is 51.4 Å². The quantitative estimate of drug-likeness (QED) is 0.292. The summed E-state index contributed by atoms with van der Waals surface area (Å²) < 4.78 is 19.8. The molecular formula is C42H69NO7. The zero-order valence-electron chi connectivity index (χ0n) is 32.3. The van der Waals surface area contributed by atoms with Gasteiger partial charge in [0.25, 0.3) is 0 Å². The Morgan fingerprint density at radius 1 is 0.980 bits per heavy atom. The summed E-state index contributed by atoms with van der Waals surface area (Å²) in [6.07, 6.45) is 13.0. The zero-order chi connectivity index (χ0) is 35.6. The molecule has 8 nitrogen and oxygen atoms in total. The van der Waals surface area contributed by atoms with Crippen LogP contribution in [0.3, 0.4) is 0 Å². The largest absolute Gasteiger partial charge is 0.390 e. The molecule has 0 aromatic carbocycles. The SMILES string of the molecule is C[C@@H]1CC(C(O)C(C)(C)O)OC2C1C1(C)CCC34CC35CCC(OC3CN(C(=O)CC6CCCCC6)CCO3)C(C)(C)[C@@H]5CCC4[C@]1(C)[C@H]2O. The molecule has 0 aromatic heterocycles. The van der Waals surface area contributed by atoms with E-state index in [2.05, 4.69) is 34.6 Å². The van der Waals surface area contributed by atoms with E-state index in [9.17, 15) is 20.1 Å². The molecule has 10 unspecified atom stereocenters. The first-order valence-corrected chi connectivity index (χ1v) is 20.8. The molecule has 8 heteroatoms. The Balaban J connectivity index is 0.974. The molecule has 284 valence electrons. The highest BCUT2D eigenvalue weighted by Gasteiger charge is 2.84. The van der Waals surface area contributed by atoms with Crippen LogP contribution in [-0.4, -0.2) is 88.2 Å². The summed E-state index contributed by atoms with van der Waals surface area (Å²) in [7, 11) is 0. The maximum absolute atomic E-state index is 13.3. The van der Waals surface area contributed by atoms with Gasteiger partial charge in [0, 0.05) is 18.4 Å². The first kappa shape index (κ1) is 36.2. The standard InChI is InChI=1S/C42H69NO7/c1-25-21-27(35(45)38(4,5)47)49-34-33(25)39(6)17-18-42-24-41(42)16-15-30(37(2,3)28(41)13-14-29(42)40(39,7)36(34)46)50-32-23-43(19-20-48-32)31(44)22-26-11-9-8-10-12-26/h25-30,32-36,45-47H,8-24H2,1-7H3/t25-,27?,28+,29?,30?,32?,33?,34?,35?,36+,39?,40-,41?,42?/m1/s1. The Hall–Kier alpha value is -0.770. The summed E-state index contributed by atoms with van der Waals surface area (Å²) in [5.41, 5.74) is -1.03. The molecule has 0 aromatic rings. The number of rotatable bonds is 6. The van der Waals surface area contributed by atoms with E-state index in [1.807, 2.05) is 4.90 Å². The fraction of sp³-hybridized carbons (Fsp3) is 0.976. The monoisotopic (exact) mass is 700 g/mol. The van der Waals surface area contributed by atoms with Gasteiger partial charge in [0.1, 0.15) is 6.10 Å². The predicted molar refractivity (Wildman–Crippen MR) is 191 cm³/mol. The van der Waals surface area contributed by atoms with Crippen molar-refractivity contribution in [3.63, 3.8) is 0 Å². The predicted octanol–water partition coefficient (Wildman–Crippen LogP) is 6.47. The van der Waals surface area contributed by atoms with Crippen molar-refractivity contribution in [2.24, 2.45) is 56.7 Å².